The van der Waals surface area contributed by atoms with Gasteiger partial charge in [-0.1, -0.05) is 30.3 Å². The Morgan fingerprint density at radius 2 is 1.80 bits per heavy atom. The van der Waals surface area contributed by atoms with E-state index in [-0.39, 0.29) is 5.91 Å². The molecular weight excluding hydrogens is 268 g/mol. The molecule has 1 N–H and O–H groups in total. The highest BCUT2D eigenvalue weighted by atomic mass is 32.2. The lowest BCUT2D eigenvalue weighted by atomic mass is 10.2. The van der Waals surface area contributed by atoms with Gasteiger partial charge in [-0.3, -0.25) is 4.79 Å². The van der Waals surface area contributed by atoms with Crippen LogP contribution in [0.3, 0.4) is 0 Å². The highest BCUT2D eigenvalue weighted by Gasteiger charge is 2.20. The van der Waals surface area contributed by atoms with Gasteiger partial charge in [0.2, 0.25) is 5.91 Å². The van der Waals surface area contributed by atoms with Gasteiger partial charge in [0.1, 0.15) is 0 Å². The van der Waals surface area contributed by atoms with Gasteiger partial charge in [0.25, 0.3) is 0 Å². The Bertz CT molecular complexity index is 600. The van der Waals surface area contributed by atoms with Crippen LogP contribution < -0.4 is 10.2 Å². The van der Waals surface area contributed by atoms with Crippen LogP contribution in [0, 0.1) is 0 Å². The van der Waals surface area contributed by atoms with Gasteiger partial charge in [0.05, 0.1) is 17.9 Å². The molecule has 0 fully saturated rings. The number of para-hydroxylation sites is 2. The highest BCUT2D eigenvalue weighted by Crippen LogP contribution is 2.29. The average Bonchev–Trinajstić information content (AvgIpc) is 2.48. The third kappa shape index (κ3) is 2.96. The van der Waals surface area contributed by atoms with Crippen molar-refractivity contribution in [1.82, 2.24) is 0 Å². The first-order valence-corrected chi connectivity index (χ1v) is 7.63. The van der Waals surface area contributed by atoms with Gasteiger partial charge in [-0.15, -0.1) is 11.8 Å². The maximum Gasteiger partial charge on any atom is 0.243 e. The Hall–Kier alpha value is -1.94. The number of carbonyl (C=O) groups is 1. The Kier molecular flexibility index (Phi) is 3.92. The fourth-order valence-electron chi connectivity index (χ4n) is 2.29. The maximum atomic E-state index is 11.7. The molecule has 1 amide bonds. The summed E-state index contributed by atoms with van der Waals surface area (Å²) in [6, 6.07) is 18.3. The molecule has 0 bridgehead atoms. The average molecular weight is 284 g/mol. The number of nitrogens with zero attached hydrogens (tertiary/aromatic N) is 1. The molecule has 0 radical (unpaired) electrons. The van der Waals surface area contributed by atoms with Crippen molar-refractivity contribution in [2.45, 2.75) is 4.90 Å². The summed E-state index contributed by atoms with van der Waals surface area (Å²) in [5.74, 6) is 1.03. The van der Waals surface area contributed by atoms with Crippen LogP contribution >= 0.6 is 11.8 Å². The highest BCUT2D eigenvalue weighted by molar-refractivity contribution is 7.99. The maximum absolute atomic E-state index is 11.7. The molecule has 1 aliphatic heterocycles. The molecule has 102 valence electrons. The minimum atomic E-state index is 0.0633. The summed E-state index contributed by atoms with van der Waals surface area (Å²) in [4.78, 5) is 15.1. The predicted octanol–water partition coefficient (Wildman–Crippen LogP) is 3.24. The summed E-state index contributed by atoms with van der Waals surface area (Å²) < 4.78 is 0. The third-order valence-electron chi connectivity index (χ3n) is 3.23. The van der Waals surface area contributed by atoms with Crippen LogP contribution in [-0.2, 0) is 4.79 Å². The number of carbonyl (C=O) groups excluding carboxylic acids is 1. The van der Waals surface area contributed by atoms with E-state index in [0.29, 0.717) is 6.54 Å². The molecule has 0 saturated carbocycles. The first kappa shape index (κ1) is 13.1. The Morgan fingerprint density at radius 3 is 2.65 bits per heavy atom. The zero-order chi connectivity index (χ0) is 13.8. The third-order valence-corrected chi connectivity index (χ3v) is 4.22. The Labute approximate surface area is 123 Å². The second-order valence-electron chi connectivity index (χ2n) is 4.65. The molecule has 0 unspecified atom stereocenters. The fraction of sp³-hybridized carbons (Fsp3) is 0.188. The van der Waals surface area contributed by atoms with Crippen LogP contribution in [0.25, 0.3) is 0 Å². The summed E-state index contributed by atoms with van der Waals surface area (Å²) in [7, 11) is 0. The molecule has 2 aromatic carbocycles. The van der Waals surface area contributed by atoms with Gasteiger partial charge in [-0.05, 0) is 24.3 Å². The Balaban J connectivity index is 1.64. The van der Waals surface area contributed by atoms with Gasteiger partial charge >= 0.3 is 0 Å². The SMILES string of the molecule is O=C1CN(CCSc2ccccc2)c2ccccc2N1. The van der Waals surface area contributed by atoms with Crippen LogP contribution in [-0.4, -0.2) is 24.7 Å². The van der Waals surface area contributed by atoms with Crippen molar-refractivity contribution >= 4 is 29.0 Å². The van der Waals surface area contributed by atoms with Crippen molar-refractivity contribution < 1.29 is 4.79 Å². The number of hydrogen-bond acceptors (Lipinski definition) is 3. The van der Waals surface area contributed by atoms with Gasteiger partial charge in [0.15, 0.2) is 0 Å². The monoisotopic (exact) mass is 284 g/mol. The van der Waals surface area contributed by atoms with Gasteiger partial charge in [0, 0.05) is 17.2 Å². The minimum Gasteiger partial charge on any atom is -0.360 e. The van der Waals surface area contributed by atoms with Gasteiger partial charge in [-0.2, -0.15) is 0 Å². The summed E-state index contributed by atoms with van der Waals surface area (Å²) in [5, 5.41) is 2.91. The smallest absolute Gasteiger partial charge is 0.243 e. The first-order valence-electron chi connectivity index (χ1n) is 6.64. The molecule has 1 heterocycles. The van der Waals surface area contributed by atoms with E-state index >= 15 is 0 Å². The first-order chi connectivity index (χ1) is 9.83. The molecular formula is C16H16N2OS. The van der Waals surface area contributed by atoms with E-state index in [1.807, 2.05) is 48.2 Å². The fourth-order valence-corrected chi connectivity index (χ4v) is 3.19. The number of hydrogen-bond donors (Lipinski definition) is 1. The molecule has 3 rings (SSSR count). The van der Waals surface area contributed by atoms with E-state index in [1.165, 1.54) is 4.90 Å². The molecule has 0 saturated heterocycles. The van der Waals surface area contributed by atoms with Crippen molar-refractivity contribution in [3.05, 3.63) is 54.6 Å². The van der Waals surface area contributed by atoms with Crippen molar-refractivity contribution in [3.8, 4) is 0 Å². The lowest BCUT2D eigenvalue weighted by Crippen LogP contribution is -2.39. The van der Waals surface area contributed by atoms with Gasteiger partial charge in [-0.25, -0.2) is 0 Å². The number of nitrogens with one attached hydrogen (secondary N) is 1. The zero-order valence-corrected chi connectivity index (χ0v) is 11.9. The summed E-state index contributed by atoms with van der Waals surface area (Å²) in [6.45, 7) is 1.30. The summed E-state index contributed by atoms with van der Waals surface area (Å²) in [5.41, 5.74) is 2.02. The molecule has 4 heteroatoms. The predicted molar refractivity (Wildman–Crippen MR) is 84.5 cm³/mol. The molecule has 1 aliphatic rings. The molecule has 20 heavy (non-hydrogen) atoms. The Morgan fingerprint density at radius 1 is 1.05 bits per heavy atom. The van der Waals surface area contributed by atoms with Crippen LogP contribution in [0.5, 0.6) is 0 Å². The lowest BCUT2D eigenvalue weighted by Gasteiger charge is -2.30. The second-order valence-corrected chi connectivity index (χ2v) is 5.82. The molecule has 2 aromatic rings. The zero-order valence-electron chi connectivity index (χ0n) is 11.1. The number of anilines is 2. The van der Waals surface area contributed by atoms with Crippen molar-refractivity contribution in [1.29, 1.82) is 0 Å². The minimum absolute atomic E-state index is 0.0633. The van der Waals surface area contributed by atoms with E-state index in [1.54, 1.807) is 0 Å². The van der Waals surface area contributed by atoms with Gasteiger partial charge < -0.3 is 10.2 Å². The molecule has 0 atom stereocenters. The molecule has 0 aliphatic carbocycles. The van der Waals surface area contributed by atoms with E-state index in [0.717, 1.165) is 23.7 Å². The molecule has 3 nitrogen and oxygen atoms in total. The lowest BCUT2D eigenvalue weighted by molar-refractivity contribution is -0.115. The number of fused-ring (bicyclic) bond motifs is 1. The van der Waals surface area contributed by atoms with Crippen molar-refractivity contribution in [2.24, 2.45) is 0 Å². The van der Waals surface area contributed by atoms with Crippen LogP contribution in [0.1, 0.15) is 0 Å². The number of benzene rings is 2. The van der Waals surface area contributed by atoms with E-state index in [4.69, 9.17) is 0 Å². The quantitative estimate of drug-likeness (QED) is 0.875. The van der Waals surface area contributed by atoms with E-state index in [2.05, 4.69) is 28.4 Å². The second kappa shape index (κ2) is 6.01. The summed E-state index contributed by atoms with van der Waals surface area (Å²) >= 11 is 1.82. The van der Waals surface area contributed by atoms with E-state index in [9.17, 15) is 4.79 Å². The van der Waals surface area contributed by atoms with Crippen molar-refractivity contribution in [3.63, 3.8) is 0 Å². The largest absolute Gasteiger partial charge is 0.360 e. The van der Waals surface area contributed by atoms with Crippen LogP contribution in [0.2, 0.25) is 0 Å². The summed E-state index contributed by atoms with van der Waals surface area (Å²) in [6.07, 6.45) is 0. The number of amides is 1. The van der Waals surface area contributed by atoms with Crippen LogP contribution in [0.4, 0.5) is 11.4 Å². The standard InChI is InChI=1S/C16H16N2OS/c19-16-12-18(15-9-5-4-8-14(15)17-16)10-11-20-13-6-2-1-3-7-13/h1-9H,10-12H2,(H,17,19). The normalized spacial score (nSPS) is 13.8. The number of rotatable bonds is 4. The number of thioether (sulfide) groups is 1. The van der Waals surface area contributed by atoms with E-state index < -0.39 is 0 Å². The molecule has 0 aromatic heterocycles. The van der Waals surface area contributed by atoms with Crippen LogP contribution in [0.15, 0.2) is 59.5 Å². The topological polar surface area (TPSA) is 32.3 Å². The molecule has 0 spiro atoms. The van der Waals surface area contributed by atoms with Crippen molar-refractivity contribution in [2.75, 3.05) is 29.1 Å².